The Hall–Kier alpha value is -2.30. The number of carbonyl (C=O) groups excluding carboxylic acids is 1. The highest BCUT2D eigenvalue weighted by molar-refractivity contribution is 5.90. The van der Waals surface area contributed by atoms with E-state index in [4.69, 9.17) is 4.74 Å². The van der Waals surface area contributed by atoms with Crippen LogP contribution in [0.1, 0.15) is 11.1 Å². The lowest BCUT2D eigenvalue weighted by molar-refractivity contribution is -0.118. The summed E-state index contributed by atoms with van der Waals surface area (Å²) in [4.78, 5) is 15.7. The van der Waals surface area contributed by atoms with E-state index in [9.17, 15) is 4.79 Å². The van der Waals surface area contributed by atoms with Gasteiger partial charge in [0.15, 0.2) is 6.61 Å². The minimum absolute atomic E-state index is 0.0320. The molecule has 0 saturated carbocycles. The molecule has 0 aliphatic rings. The smallest absolute Gasteiger partial charge is 0.264 e. The van der Waals surface area contributed by atoms with Gasteiger partial charge in [-0.2, -0.15) is 0 Å². The molecule has 1 N–H and O–H groups in total. The number of carbonyl (C=O) groups is 1. The molecule has 0 aliphatic heterocycles. The normalized spacial score (nSPS) is 10.3. The Labute approximate surface area is 112 Å². The number of ether oxygens (including phenoxy) is 1. The molecule has 2 aromatic rings. The number of nitrogens with one attached hydrogen (secondary N) is 1. The van der Waals surface area contributed by atoms with Gasteiger partial charge in [-0.25, -0.2) is 4.98 Å². The fourth-order valence-electron chi connectivity index (χ4n) is 1.81. The molecule has 0 aliphatic carbocycles. The third-order valence-electron chi connectivity index (χ3n) is 2.64. The van der Waals surface area contributed by atoms with Crippen molar-refractivity contribution in [3.8, 4) is 5.75 Å². The Morgan fingerprint density at radius 3 is 2.58 bits per heavy atom. The number of hydrogen-bond donors (Lipinski definition) is 1. The Kier molecular flexibility index (Phi) is 3.85. The van der Waals surface area contributed by atoms with Gasteiger partial charge in [-0.1, -0.05) is 6.07 Å². The maximum atomic E-state index is 11.7. The molecule has 5 heteroatoms. The minimum Gasteiger partial charge on any atom is -0.484 e. The molecule has 0 bridgehead atoms. The van der Waals surface area contributed by atoms with E-state index in [2.05, 4.69) is 16.4 Å². The van der Waals surface area contributed by atoms with Gasteiger partial charge >= 0.3 is 0 Å². The van der Waals surface area contributed by atoms with Gasteiger partial charge in [0.25, 0.3) is 5.91 Å². The molecule has 0 radical (unpaired) electrons. The number of aromatic nitrogens is 2. The fraction of sp³-hybridized carbons (Fsp3) is 0.286. The molecular weight excluding hydrogens is 242 g/mol. The number of rotatable bonds is 4. The van der Waals surface area contributed by atoms with Crippen LogP contribution in [0.25, 0.3) is 0 Å². The maximum absolute atomic E-state index is 11.7. The Morgan fingerprint density at radius 2 is 2.00 bits per heavy atom. The van der Waals surface area contributed by atoms with Crippen LogP contribution >= 0.6 is 0 Å². The zero-order chi connectivity index (χ0) is 13.8. The predicted molar refractivity (Wildman–Crippen MR) is 73.2 cm³/mol. The van der Waals surface area contributed by atoms with Crippen molar-refractivity contribution in [2.45, 2.75) is 13.8 Å². The zero-order valence-electron chi connectivity index (χ0n) is 11.3. The molecule has 1 aromatic heterocycles. The third kappa shape index (κ3) is 3.58. The van der Waals surface area contributed by atoms with Crippen molar-refractivity contribution >= 4 is 11.9 Å². The largest absolute Gasteiger partial charge is 0.484 e. The molecule has 1 amide bonds. The van der Waals surface area contributed by atoms with Crippen LogP contribution in [0.2, 0.25) is 0 Å². The molecule has 100 valence electrons. The second-order valence-corrected chi connectivity index (χ2v) is 4.52. The average Bonchev–Trinajstić information content (AvgIpc) is 2.71. The number of amides is 1. The van der Waals surface area contributed by atoms with Crippen molar-refractivity contribution in [2.75, 3.05) is 11.9 Å². The van der Waals surface area contributed by atoms with Crippen LogP contribution in [0.5, 0.6) is 5.75 Å². The first-order chi connectivity index (χ1) is 9.04. The quantitative estimate of drug-likeness (QED) is 0.914. The van der Waals surface area contributed by atoms with Gasteiger partial charge in [0.1, 0.15) is 5.75 Å². The molecule has 0 spiro atoms. The van der Waals surface area contributed by atoms with E-state index in [-0.39, 0.29) is 12.5 Å². The number of imidazole rings is 1. The van der Waals surface area contributed by atoms with Crippen molar-refractivity contribution < 1.29 is 9.53 Å². The van der Waals surface area contributed by atoms with E-state index in [1.807, 2.05) is 33.0 Å². The fourth-order valence-corrected chi connectivity index (χ4v) is 1.81. The third-order valence-corrected chi connectivity index (χ3v) is 2.64. The van der Waals surface area contributed by atoms with Crippen molar-refractivity contribution in [1.82, 2.24) is 9.55 Å². The van der Waals surface area contributed by atoms with Crippen molar-refractivity contribution in [2.24, 2.45) is 7.05 Å². The molecule has 0 saturated heterocycles. The monoisotopic (exact) mass is 259 g/mol. The van der Waals surface area contributed by atoms with Gasteiger partial charge in [0, 0.05) is 19.4 Å². The first kappa shape index (κ1) is 13.1. The van der Waals surface area contributed by atoms with Crippen LogP contribution in [-0.4, -0.2) is 22.1 Å². The van der Waals surface area contributed by atoms with E-state index < -0.39 is 0 Å². The van der Waals surface area contributed by atoms with E-state index in [0.717, 1.165) is 11.1 Å². The predicted octanol–water partition coefficient (Wildman–Crippen LogP) is 2.05. The van der Waals surface area contributed by atoms with E-state index >= 15 is 0 Å². The van der Waals surface area contributed by atoms with Crippen LogP contribution in [0.4, 0.5) is 5.95 Å². The number of hydrogen-bond acceptors (Lipinski definition) is 3. The van der Waals surface area contributed by atoms with E-state index in [1.165, 1.54) is 0 Å². The lowest BCUT2D eigenvalue weighted by Gasteiger charge is -2.08. The summed E-state index contributed by atoms with van der Waals surface area (Å²) in [7, 11) is 1.81. The summed E-state index contributed by atoms with van der Waals surface area (Å²) in [5, 5.41) is 2.68. The van der Waals surface area contributed by atoms with E-state index in [1.54, 1.807) is 17.0 Å². The molecule has 1 aromatic carbocycles. The molecule has 19 heavy (non-hydrogen) atoms. The maximum Gasteiger partial charge on any atom is 0.264 e. The van der Waals surface area contributed by atoms with Crippen molar-refractivity contribution in [3.05, 3.63) is 41.7 Å². The highest BCUT2D eigenvalue weighted by atomic mass is 16.5. The molecule has 1 heterocycles. The molecular formula is C14H17N3O2. The summed E-state index contributed by atoms with van der Waals surface area (Å²) in [5.74, 6) is 0.981. The molecule has 2 rings (SSSR count). The highest BCUT2D eigenvalue weighted by Crippen LogP contribution is 2.16. The summed E-state index contributed by atoms with van der Waals surface area (Å²) >= 11 is 0. The Bertz CT molecular complexity index is 570. The van der Waals surface area contributed by atoms with E-state index in [0.29, 0.717) is 11.7 Å². The molecule has 5 nitrogen and oxygen atoms in total. The van der Waals surface area contributed by atoms with Gasteiger partial charge in [-0.3, -0.25) is 10.1 Å². The van der Waals surface area contributed by atoms with Crippen molar-refractivity contribution in [3.63, 3.8) is 0 Å². The summed E-state index contributed by atoms with van der Waals surface area (Å²) in [6.07, 6.45) is 3.39. The SMILES string of the molecule is Cc1cc(C)cc(OCC(=O)Nc2nccn2C)c1. The summed E-state index contributed by atoms with van der Waals surface area (Å²) < 4.78 is 7.20. The average molecular weight is 259 g/mol. The van der Waals surface area contributed by atoms with Crippen molar-refractivity contribution in [1.29, 1.82) is 0 Å². The van der Waals surface area contributed by atoms with Gasteiger partial charge in [-0.15, -0.1) is 0 Å². The highest BCUT2D eigenvalue weighted by Gasteiger charge is 2.07. The number of benzene rings is 1. The lowest BCUT2D eigenvalue weighted by Crippen LogP contribution is -2.22. The molecule has 0 fully saturated rings. The number of aryl methyl sites for hydroxylation is 3. The standard InChI is InChI=1S/C14H17N3O2/c1-10-6-11(2)8-12(7-10)19-9-13(18)16-14-15-4-5-17(14)3/h4-8H,9H2,1-3H3,(H,15,16,18). The second kappa shape index (κ2) is 5.56. The number of anilines is 1. The Balaban J connectivity index is 1.91. The van der Waals surface area contributed by atoms with Crippen LogP contribution in [0.3, 0.4) is 0 Å². The van der Waals surface area contributed by atoms with Gasteiger partial charge in [-0.05, 0) is 37.1 Å². The lowest BCUT2D eigenvalue weighted by atomic mass is 10.1. The Morgan fingerprint density at radius 1 is 1.32 bits per heavy atom. The second-order valence-electron chi connectivity index (χ2n) is 4.52. The summed E-state index contributed by atoms with van der Waals surface area (Å²) in [6, 6.07) is 5.86. The van der Waals surface area contributed by atoms with Crippen LogP contribution < -0.4 is 10.1 Å². The zero-order valence-corrected chi connectivity index (χ0v) is 11.3. The summed E-state index contributed by atoms with van der Waals surface area (Å²) in [6.45, 7) is 3.96. The molecule has 0 atom stereocenters. The summed E-state index contributed by atoms with van der Waals surface area (Å²) in [5.41, 5.74) is 2.22. The minimum atomic E-state index is -0.228. The topological polar surface area (TPSA) is 56.1 Å². The van der Waals surface area contributed by atoms with Crippen LogP contribution in [0, 0.1) is 13.8 Å². The first-order valence-corrected chi connectivity index (χ1v) is 6.03. The van der Waals surface area contributed by atoms with Crippen LogP contribution in [0.15, 0.2) is 30.6 Å². The first-order valence-electron chi connectivity index (χ1n) is 6.03. The van der Waals surface area contributed by atoms with Gasteiger partial charge in [0.2, 0.25) is 5.95 Å². The van der Waals surface area contributed by atoms with Gasteiger partial charge in [0.05, 0.1) is 0 Å². The number of nitrogens with zero attached hydrogens (tertiary/aromatic N) is 2. The molecule has 0 unspecified atom stereocenters. The van der Waals surface area contributed by atoms with Gasteiger partial charge < -0.3 is 9.30 Å². The van der Waals surface area contributed by atoms with Crippen LogP contribution in [-0.2, 0) is 11.8 Å².